The highest BCUT2D eigenvalue weighted by atomic mass is 16.6. The second-order valence-electron chi connectivity index (χ2n) is 2.70. The molecule has 0 saturated carbocycles. The number of nitrogens with zero attached hydrogens (tertiary/aromatic N) is 2. The molecular weight excluding hydrogens is 192 g/mol. The summed E-state index contributed by atoms with van der Waals surface area (Å²) in [7, 11) is 0. The Bertz CT molecular complexity index is 326. The molecule has 0 heterocycles. The lowest BCUT2D eigenvalue weighted by atomic mass is 9.97. The third-order valence-corrected chi connectivity index (χ3v) is 1.97. The molecule has 0 aromatic carbocycles. The summed E-state index contributed by atoms with van der Waals surface area (Å²) >= 11 is 0. The molecule has 1 aliphatic rings. The first-order valence-electron chi connectivity index (χ1n) is 3.66. The molecule has 0 saturated heterocycles. The van der Waals surface area contributed by atoms with Crippen LogP contribution in [0.1, 0.15) is 0 Å². The molecule has 1 rings (SSSR count). The van der Waals surface area contributed by atoms with Gasteiger partial charge in [0.1, 0.15) is 0 Å². The van der Waals surface area contributed by atoms with Gasteiger partial charge in [0.2, 0.25) is 0 Å². The van der Waals surface area contributed by atoms with E-state index in [1.54, 1.807) is 0 Å². The first kappa shape index (κ1) is 10.3. The summed E-state index contributed by atoms with van der Waals surface area (Å²) in [6.07, 6.45) is 4.87. The maximum Gasteiger partial charge on any atom is 0.376 e. The Morgan fingerprint density at radius 3 is 2.36 bits per heavy atom. The van der Waals surface area contributed by atoms with Crippen molar-refractivity contribution in [2.24, 2.45) is 5.84 Å². The van der Waals surface area contributed by atoms with Crippen LogP contribution >= 0.6 is 0 Å². The van der Waals surface area contributed by atoms with E-state index in [-0.39, 0.29) is 0 Å². The van der Waals surface area contributed by atoms with Crippen molar-refractivity contribution in [3.05, 3.63) is 44.5 Å². The van der Waals surface area contributed by atoms with Gasteiger partial charge in [-0.2, -0.15) is 5.43 Å². The number of nitrogens with one attached hydrogen (secondary N) is 1. The van der Waals surface area contributed by atoms with Gasteiger partial charge < -0.3 is 0 Å². The number of hydrogen-bond acceptors (Lipinski definition) is 6. The second kappa shape index (κ2) is 3.52. The fourth-order valence-electron chi connectivity index (χ4n) is 1.20. The van der Waals surface area contributed by atoms with Crippen LogP contribution in [0, 0.1) is 20.2 Å². The normalized spacial score (nSPS) is 30.2. The number of hydrazine groups is 1. The van der Waals surface area contributed by atoms with Gasteiger partial charge in [0.15, 0.2) is 0 Å². The fourth-order valence-corrected chi connectivity index (χ4v) is 1.20. The van der Waals surface area contributed by atoms with Crippen LogP contribution in [0.2, 0.25) is 0 Å². The fraction of sp³-hybridized carbons (Fsp3) is 0.333. The maximum absolute atomic E-state index is 10.7. The van der Waals surface area contributed by atoms with Crippen molar-refractivity contribution < 1.29 is 9.85 Å². The van der Waals surface area contributed by atoms with Gasteiger partial charge in [0, 0.05) is 11.0 Å². The zero-order chi connectivity index (χ0) is 10.8. The number of nitro groups is 2. The third-order valence-electron chi connectivity index (χ3n) is 1.97. The molecule has 0 aliphatic heterocycles. The van der Waals surface area contributed by atoms with E-state index in [9.17, 15) is 20.2 Å². The molecule has 76 valence electrons. The van der Waals surface area contributed by atoms with E-state index in [0.29, 0.717) is 0 Å². The van der Waals surface area contributed by atoms with Crippen molar-refractivity contribution in [1.29, 1.82) is 0 Å². The topological polar surface area (TPSA) is 124 Å². The van der Waals surface area contributed by atoms with Crippen LogP contribution in [-0.4, -0.2) is 21.6 Å². The SMILES string of the molecule is NNC1([N+](=O)[O-])C=CC=CC1[N+](=O)[O-]. The molecule has 2 atom stereocenters. The lowest BCUT2D eigenvalue weighted by Gasteiger charge is -2.23. The molecule has 0 spiro atoms. The molecular formula is C6H8N4O4. The van der Waals surface area contributed by atoms with E-state index >= 15 is 0 Å². The van der Waals surface area contributed by atoms with Gasteiger partial charge in [-0.05, 0) is 6.08 Å². The Balaban J connectivity index is 3.15. The van der Waals surface area contributed by atoms with E-state index in [0.717, 1.165) is 12.2 Å². The molecule has 1 aliphatic carbocycles. The third kappa shape index (κ3) is 1.36. The Hall–Kier alpha value is -1.80. The molecule has 0 bridgehead atoms. The predicted octanol–water partition coefficient (Wildman–Crippen LogP) is -0.806. The van der Waals surface area contributed by atoms with Crippen molar-refractivity contribution >= 4 is 0 Å². The van der Waals surface area contributed by atoms with Gasteiger partial charge in [-0.25, -0.2) is 0 Å². The van der Waals surface area contributed by atoms with Gasteiger partial charge in [-0.3, -0.25) is 26.1 Å². The van der Waals surface area contributed by atoms with Crippen LogP contribution in [0.5, 0.6) is 0 Å². The summed E-state index contributed by atoms with van der Waals surface area (Å²) in [5.74, 6) is 4.99. The van der Waals surface area contributed by atoms with Crippen LogP contribution in [0.4, 0.5) is 0 Å². The molecule has 8 heteroatoms. The summed E-state index contributed by atoms with van der Waals surface area (Å²) in [6.45, 7) is 0. The smallest absolute Gasteiger partial charge is 0.265 e. The highest BCUT2D eigenvalue weighted by Gasteiger charge is 2.55. The van der Waals surface area contributed by atoms with E-state index in [2.05, 4.69) is 0 Å². The summed E-state index contributed by atoms with van der Waals surface area (Å²) in [5, 5.41) is 21.2. The van der Waals surface area contributed by atoms with Gasteiger partial charge >= 0.3 is 11.7 Å². The molecule has 14 heavy (non-hydrogen) atoms. The summed E-state index contributed by atoms with van der Waals surface area (Å²) in [4.78, 5) is 19.7. The van der Waals surface area contributed by atoms with Crippen molar-refractivity contribution in [2.45, 2.75) is 11.7 Å². The summed E-state index contributed by atoms with van der Waals surface area (Å²) < 4.78 is 0. The molecule has 0 aromatic heterocycles. The van der Waals surface area contributed by atoms with Crippen molar-refractivity contribution in [1.82, 2.24) is 5.43 Å². The number of allylic oxidation sites excluding steroid dienone is 2. The number of nitrogens with two attached hydrogens (primary N) is 1. The minimum absolute atomic E-state index is 0.761. The van der Waals surface area contributed by atoms with Crippen LogP contribution in [0.3, 0.4) is 0 Å². The number of rotatable bonds is 3. The average Bonchev–Trinajstić information content (AvgIpc) is 2.17. The molecule has 0 fully saturated rings. The first-order chi connectivity index (χ1) is 6.54. The molecule has 2 unspecified atom stereocenters. The minimum atomic E-state index is -2.06. The monoisotopic (exact) mass is 200 g/mol. The quantitative estimate of drug-likeness (QED) is 0.266. The van der Waals surface area contributed by atoms with E-state index < -0.39 is 21.6 Å². The molecule has 0 amide bonds. The molecule has 0 aromatic rings. The van der Waals surface area contributed by atoms with Gasteiger partial charge in [-0.15, -0.1) is 0 Å². The van der Waals surface area contributed by atoms with Gasteiger partial charge in [0.25, 0.3) is 0 Å². The Morgan fingerprint density at radius 2 is 2.00 bits per heavy atom. The highest BCUT2D eigenvalue weighted by molar-refractivity contribution is 5.21. The van der Waals surface area contributed by atoms with E-state index in [1.807, 2.05) is 5.43 Å². The van der Waals surface area contributed by atoms with Crippen LogP contribution in [0.15, 0.2) is 24.3 Å². The Labute approximate surface area is 78.3 Å². The maximum atomic E-state index is 10.7. The largest absolute Gasteiger partial charge is 0.376 e. The average molecular weight is 200 g/mol. The van der Waals surface area contributed by atoms with Gasteiger partial charge in [-0.1, -0.05) is 12.2 Å². The van der Waals surface area contributed by atoms with E-state index in [4.69, 9.17) is 5.84 Å². The lowest BCUT2D eigenvalue weighted by Crippen LogP contribution is -2.63. The highest BCUT2D eigenvalue weighted by Crippen LogP contribution is 2.20. The second-order valence-corrected chi connectivity index (χ2v) is 2.70. The predicted molar refractivity (Wildman–Crippen MR) is 46.1 cm³/mol. The van der Waals surface area contributed by atoms with E-state index in [1.165, 1.54) is 12.2 Å². The van der Waals surface area contributed by atoms with Crippen LogP contribution in [-0.2, 0) is 0 Å². The first-order valence-corrected chi connectivity index (χ1v) is 3.66. The molecule has 8 nitrogen and oxygen atoms in total. The van der Waals surface area contributed by atoms with Gasteiger partial charge in [0.05, 0.1) is 4.92 Å². The van der Waals surface area contributed by atoms with Crippen molar-refractivity contribution in [3.63, 3.8) is 0 Å². The zero-order valence-electron chi connectivity index (χ0n) is 6.99. The minimum Gasteiger partial charge on any atom is -0.265 e. The van der Waals surface area contributed by atoms with Crippen molar-refractivity contribution in [3.8, 4) is 0 Å². The van der Waals surface area contributed by atoms with Crippen LogP contribution in [0.25, 0.3) is 0 Å². The Kier molecular flexibility index (Phi) is 2.58. The lowest BCUT2D eigenvalue weighted by molar-refractivity contribution is -0.640. The number of hydrogen-bond donors (Lipinski definition) is 2. The van der Waals surface area contributed by atoms with Crippen molar-refractivity contribution in [2.75, 3.05) is 0 Å². The standard InChI is InChI=1S/C6H8N4O4/c7-8-6(10(13)14)4-2-1-3-5(6)9(11)12/h1-5,8H,7H2. The molecule has 0 radical (unpaired) electrons. The summed E-state index contributed by atoms with van der Waals surface area (Å²) in [5.41, 5.74) is -0.188. The zero-order valence-corrected chi connectivity index (χ0v) is 6.99. The summed E-state index contributed by atoms with van der Waals surface area (Å²) in [6, 6.07) is -1.51. The van der Waals surface area contributed by atoms with Crippen LogP contribution < -0.4 is 11.3 Å². The Morgan fingerprint density at radius 1 is 1.36 bits per heavy atom. The molecule has 3 N–H and O–H groups in total.